The fourth-order valence-corrected chi connectivity index (χ4v) is 1.32. The molecule has 0 saturated carbocycles. The largest absolute Gasteiger partial charge is 0.324 e. The zero-order valence-corrected chi connectivity index (χ0v) is 15.1. The van der Waals surface area contributed by atoms with Crippen LogP contribution in [0.15, 0.2) is 18.2 Å². The van der Waals surface area contributed by atoms with Gasteiger partial charge in [-0.15, -0.1) is 0 Å². The number of benzene rings is 1. The molecule has 0 heterocycles. The average Bonchev–Trinajstić information content (AvgIpc) is 2.50. The van der Waals surface area contributed by atoms with Crippen molar-refractivity contribution < 1.29 is 4.79 Å². The number of Topliss-reactive ketones (excluding diaryl/α,β-unsaturated/α-hetero) is 1. The summed E-state index contributed by atoms with van der Waals surface area (Å²) in [6, 6.07) is 6.50. The van der Waals surface area contributed by atoms with Gasteiger partial charge in [-0.1, -0.05) is 64.3 Å². The molecule has 1 aromatic carbocycles. The van der Waals surface area contributed by atoms with E-state index in [1.54, 1.807) is 0 Å². The lowest BCUT2D eigenvalue weighted by Gasteiger charge is -2.01. The van der Waals surface area contributed by atoms with E-state index in [1.165, 1.54) is 29.5 Å². The van der Waals surface area contributed by atoms with Crippen LogP contribution in [0.2, 0.25) is 0 Å². The minimum Gasteiger partial charge on any atom is -0.324 e. The van der Waals surface area contributed by atoms with Crippen LogP contribution < -0.4 is 5.73 Å². The predicted octanol–water partition coefficient (Wildman–Crippen LogP) is 4.98. The van der Waals surface area contributed by atoms with Crippen LogP contribution in [0, 0.1) is 26.7 Å². The monoisotopic (exact) mass is 293 g/mol. The highest BCUT2D eigenvalue weighted by Crippen LogP contribution is 2.07. The smallest absolute Gasteiger partial charge is 0.149 e. The molecule has 0 fully saturated rings. The molecule has 2 nitrogen and oxygen atoms in total. The SMILES string of the molecule is CCC(C)C(=O)CN.CCCC.Cc1ccc(C)c(C)c1. The molecule has 1 unspecified atom stereocenters. The van der Waals surface area contributed by atoms with Crippen LogP contribution in [0.4, 0.5) is 0 Å². The Hall–Kier alpha value is -1.15. The van der Waals surface area contributed by atoms with Gasteiger partial charge in [0.15, 0.2) is 0 Å². The first-order chi connectivity index (χ1) is 9.83. The molecule has 2 N–H and O–H groups in total. The van der Waals surface area contributed by atoms with Crippen molar-refractivity contribution in [3.63, 3.8) is 0 Å². The molecule has 0 bridgehead atoms. The molecule has 2 heteroatoms. The van der Waals surface area contributed by atoms with Crippen LogP contribution in [0.25, 0.3) is 0 Å². The van der Waals surface area contributed by atoms with Gasteiger partial charge in [-0.3, -0.25) is 4.79 Å². The Morgan fingerprint density at radius 3 is 1.81 bits per heavy atom. The molecule has 0 aliphatic carbocycles. The third-order valence-corrected chi connectivity index (χ3v) is 3.53. The molecule has 0 radical (unpaired) electrons. The van der Waals surface area contributed by atoms with Gasteiger partial charge < -0.3 is 5.73 Å². The number of aryl methyl sites for hydroxylation is 3. The van der Waals surface area contributed by atoms with Crippen molar-refractivity contribution >= 4 is 5.78 Å². The van der Waals surface area contributed by atoms with Crippen molar-refractivity contribution in [2.75, 3.05) is 6.54 Å². The van der Waals surface area contributed by atoms with Gasteiger partial charge >= 0.3 is 0 Å². The Morgan fingerprint density at radius 2 is 1.57 bits per heavy atom. The minimum atomic E-state index is 0.153. The van der Waals surface area contributed by atoms with Gasteiger partial charge in [-0.05, 0) is 38.3 Å². The highest BCUT2D eigenvalue weighted by atomic mass is 16.1. The van der Waals surface area contributed by atoms with Crippen LogP contribution in [0.5, 0.6) is 0 Å². The normalized spacial score (nSPS) is 10.7. The third-order valence-electron chi connectivity index (χ3n) is 3.53. The average molecular weight is 293 g/mol. The molecule has 0 aliphatic rings. The Labute approximate surface area is 132 Å². The maximum Gasteiger partial charge on any atom is 0.149 e. The Bertz CT molecular complexity index is 383. The standard InChI is InChI=1S/C9H12.C6H13NO.C4H10/c1-7-4-5-8(2)9(3)6-7;1-3-5(2)6(8)4-7;1-3-4-2/h4-6H,1-3H3;5H,3-4,7H2,1-2H3;3-4H2,1-2H3. The topological polar surface area (TPSA) is 43.1 Å². The first kappa shape index (κ1) is 22.1. The van der Waals surface area contributed by atoms with E-state index in [9.17, 15) is 4.79 Å². The maximum absolute atomic E-state index is 10.6. The molecule has 0 spiro atoms. The summed E-state index contributed by atoms with van der Waals surface area (Å²) >= 11 is 0. The van der Waals surface area contributed by atoms with Gasteiger partial charge in [-0.25, -0.2) is 0 Å². The van der Waals surface area contributed by atoms with E-state index >= 15 is 0 Å². The van der Waals surface area contributed by atoms with E-state index in [-0.39, 0.29) is 18.2 Å². The first-order valence-corrected chi connectivity index (χ1v) is 8.10. The fourth-order valence-electron chi connectivity index (χ4n) is 1.32. The number of ketones is 1. The maximum atomic E-state index is 10.6. The quantitative estimate of drug-likeness (QED) is 0.851. The number of unbranched alkanes of at least 4 members (excludes halogenated alkanes) is 1. The number of nitrogens with two attached hydrogens (primary N) is 1. The van der Waals surface area contributed by atoms with E-state index in [2.05, 4.69) is 52.8 Å². The summed E-state index contributed by atoms with van der Waals surface area (Å²) in [7, 11) is 0. The van der Waals surface area contributed by atoms with Crippen LogP contribution in [-0.4, -0.2) is 12.3 Å². The fraction of sp³-hybridized carbons (Fsp3) is 0.632. The highest BCUT2D eigenvalue weighted by Gasteiger charge is 2.06. The predicted molar refractivity (Wildman–Crippen MR) is 94.8 cm³/mol. The summed E-state index contributed by atoms with van der Waals surface area (Å²) in [6.45, 7) is 14.8. The van der Waals surface area contributed by atoms with Crippen molar-refractivity contribution in [3.8, 4) is 0 Å². The van der Waals surface area contributed by atoms with E-state index in [0.717, 1.165) is 6.42 Å². The molecule has 0 aliphatic heterocycles. The van der Waals surface area contributed by atoms with E-state index < -0.39 is 0 Å². The molecule has 1 aromatic rings. The summed E-state index contributed by atoms with van der Waals surface area (Å²) in [5.74, 6) is 0.312. The Morgan fingerprint density at radius 1 is 1.05 bits per heavy atom. The molecule has 0 amide bonds. The van der Waals surface area contributed by atoms with Crippen molar-refractivity contribution in [3.05, 3.63) is 34.9 Å². The summed E-state index contributed by atoms with van der Waals surface area (Å²) in [5, 5.41) is 0. The van der Waals surface area contributed by atoms with Gasteiger partial charge in [0.25, 0.3) is 0 Å². The Kier molecular flexibility index (Phi) is 14.6. The van der Waals surface area contributed by atoms with Crippen molar-refractivity contribution in [1.82, 2.24) is 0 Å². The van der Waals surface area contributed by atoms with E-state index in [0.29, 0.717) is 0 Å². The van der Waals surface area contributed by atoms with E-state index in [4.69, 9.17) is 5.73 Å². The number of carbonyl (C=O) groups is 1. The van der Waals surface area contributed by atoms with Gasteiger partial charge in [0.1, 0.15) is 5.78 Å². The summed E-state index contributed by atoms with van der Waals surface area (Å²) in [5.41, 5.74) is 9.20. The number of carbonyl (C=O) groups excluding carboxylic acids is 1. The van der Waals surface area contributed by atoms with Gasteiger partial charge in [-0.2, -0.15) is 0 Å². The second-order valence-corrected chi connectivity index (χ2v) is 5.57. The second kappa shape index (κ2) is 13.8. The number of hydrogen-bond acceptors (Lipinski definition) is 2. The van der Waals surface area contributed by atoms with Crippen LogP contribution in [0.3, 0.4) is 0 Å². The summed E-state index contributed by atoms with van der Waals surface area (Å²) < 4.78 is 0. The minimum absolute atomic E-state index is 0.153. The highest BCUT2D eigenvalue weighted by molar-refractivity contribution is 5.82. The van der Waals surface area contributed by atoms with Crippen molar-refractivity contribution in [2.45, 2.75) is 67.7 Å². The molecule has 21 heavy (non-hydrogen) atoms. The number of hydrogen-bond donors (Lipinski definition) is 1. The van der Waals surface area contributed by atoms with Gasteiger partial charge in [0.05, 0.1) is 6.54 Å². The lowest BCUT2D eigenvalue weighted by atomic mass is 10.0. The van der Waals surface area contributed by atoms with Crippen molar-refractivity contribution in [2.24, 2.45) is 11.7 Å². The summed E-state index contributed by atoms with van der Waals surface area (Å²) in [4.78, 5) is 10.6. The zero-order valence-electron chi connectivity index (χ0n) is 15.1. The Balaban J connectivity index is 0. The first-order valence-electron chi connectivity index (χ1n) is 8.10. The lowest BCUT2D eigenvalue weighted by molar-refractivity contribution is -0.121. The molecular formula is C19H35NO. The third kappa shape index (κ3) is 12.3. The summed E-state index contributed by atoms with van der Waals surface area (Å²) in [6.07, 6.45) is 3.54. The van der Waals surface area contributed by atoms with E-state index in [1.807, 2.05) is 13.8 Å². The molecule has 0 aromatic heterocycles. The molecule has 0 saturated heterocycles. The second-order valence-electron chi connectivity index (χ2n) is 5.57. The molecule has 1 atom stereocenters. The van der Waals surface area contributed by atoms with Crippen LogP contribution in [0.1, 0.15) is 63.6 Å². The lowest BCUT2D eigenvalue weighted by Crippen LogP contribution is -2.20. The number of rotatable bonds is 4. The molecular weight excluding hydrogens is 258 g/mol. The molecule has 1 rings (SSSR count). The van der Waals surface area contributed by atoms with Crippen LogP contribution >= 0.6 is 0 Å². The van der Waals surface area contributed by atoms with Gasteiger partial charge in [0, 0.05) is 5.92 Å². The molecule has 122 valence electrons. The van der Waals surface area contributed by atoms with Crippen LogP contribution in [-0.2, 0) is 4.79 Å². The van der Waals surface area contributed by atoms with Crippen molar-refractivity contribution in [1.29, 1.82) is 0 Å². The van der Waals surface area contributed by atoms with Gasteiger partial charge in [0.2, 0.25) is 0 Å². The zero-order chi connectivity index (χ0) is 16.8.